The van der Waals surface area contributed by atoms with Gasteiger partial charge in [0, 0.05) is 12.6 Å². The summed E-state index contributed by atoms with van der Waals surface area (Å²) in [5.41, 5.74) is 6.58. The van der Waals surface area contributed by atoms with Crippen molar-refractivity contribution in [2.45, 2.75) is 57.4 Å². The molecule has 0 spiro atoms. The van der Waals surface area contributed by atoms with Crippen LogP contribution in [0.25, 0.3) is 0 Å². The minimum absolute atomic E-state index is 0.476. The zero-order valence-electron chi connectivity index (χ0n) is 13.0. The molecule has 1 unspecified atom stereocenters. The fourth-order valence-electron chi connectivity index (χ4n) is 3.91. The maximum absolute atomic E-state index is 6.10. The highest BCUT2D eigenvalue weighted by molar-refractivity contribution is 4.86. The molecule has 1 heterocycles. The SMILES string of the molecule is CN(C)C1CCCN(CCC2(CN)CCCCC2)C1. The van der Waals surface area contributed by atoms with E-state index < -0.39 is 0 Å². The quantitative estimate of drug-likeness (QED) is 0.830. The number of likely N-dealkylation sites (tertiary alicyclic amines) is 1. The fourth-order valence-corrected chi connectivity index (χ4v) is 3.91. The number of hydrogen-bond acceptors (Lipinski definition) is 3. The van der Waals surface area contributed by atoms with E-state index in [1.807, 2.05) is 0 Å². The summed E-state index contributed by atoms with van der Waals surface area (Å²) in [6.07, 6.45) is 11.0. The molecule has 1 saturated heterocycles. The molecular formula is C16H33N3. The highest BCUT2D eigenvalue weighted by Crippen LogP contribution is 2.38. The molecule has 0 bridgehead atoms. The van der Waals surface area contributed by atoms with Crippen molar-refractivity contribution in [2.75, 3.05) is 40.3 Å². The van der Waals surface area contributed by atoms with Crippen LogP contribution in [0.5, 0.6) is 0 Å². The monoisotopic (exact) mass is 267 g/mol. The second kappa shape index (κ2) is 7.05. The summed E-state index contributed by atoms with van der Waals surface area (Å²) in [6, 6.07) is 0.758. The second-order valence-electron chi connectivity index (χ2n) is 7.08. The Hall–Kier alpha value is -0.120. The molecule has 1 atom stereocenters. The van der Waals surface area contributed by atoms with Crippen molar-refractivity contribution >= 4 is 0 Å². The number of rotatable bonds is 5. The minimum atomic E-state index is 0.476. The molecule has 0 radical (unpaired) electrons. The van der Waals surface area contributed by atoms with Crippen LogP contribution in [0.1, 0.15) is 51.4 Å². The maximum Gasteiger partial charge on any atom is 0.0217 e. The Morgan fingerprint density at radius 3 is 2.53 bits per heavy atom. The summed E-state index contributed by atoms with van der Waals surface area (Å²) >= 11 is 0. The summed E-state index contributed by atoms with van der Waals surface area (Å²) in [7, 11) is 4.44. The van der Waals surface area contributed by atoms with Gasteiger partial charge in [-0.3, -0.25) is 0 Å². The van der Waals surface area contributed by atoms with Crippen molar-refractivity contribution in [1.82, 2.24) is 9.80 Å². The van der Waals surface area contributed by atoms with Gasteiger partial charge in [-0.1, -0.05) is 19.3 Å². The lowest BCUT2D eigenvalue weighted by Crippen LogP contribution is -2.46. The topological polar surface area (TPSA) is 32.5 Å². The summed E-state index contributed by atoms with van der Waals surface area (Å²) in [6.45, 7) is 4.72. The van der Waals surface area contributed by atoms with Crippen LogP contribution in [-0.4, -0.2) is 56.1 Å². The van der Waals surface area contributed by atoms with Crippen LogP contribution in [0.2, 0.25) is 0 Å². The third kappa shape index (κ3) is 4.17. The first-order valence-corrected chi connectivity index (χ1v) is 8.24. The van der Waals surface area contributed by atoms with Gasteiger partial charge in [0.05, 0.1) is 0 Å². The van der Waals surface area contributed by atoms with Gasteiger partial charge in [0.2, 0.25) is 0 Å². The van der Waals surface area contributed by atoms with E-state index in [0.717, 1.165) is 12.6 Å². The van der Waals surface area contributed by atoms with E-state index in [4.69, 9.17) is 5.73 Å². The Kier molecular flexibility index (Phi) is 5.67. The Morgan fingerprint density at radius 1 is 1.16 bits per heavy atom. The lowest BCUT2D eigenvalue weighted by Gasteiger charge is -2.40. The number of piperidine rings is 1. The van der Waals surface area contributed by atoms with Crippen LogP contribution >= 0.6 is 0 Å². The van der Waals surface area contributed by atoms with Gasteiger partial charge < -0.3 is 15.5 Å². The van der Waals surface area contributed by atoms with Gasteiger partial charge in [-0.2, -0.15) is 0 Å². The molecule has 0 amide bonds. The third-order valence-electron chi connectivity index (χ3n) is 5.52. The van der Waals surface area contributed by atoms with Crippen molar-refractivity contribution in [2.24, 2.45) is 11.1 Å². The number of nitrogens with zero attached hydrogens (tertiary/aromatic N) is 2. The molecule has 2 rings (SSSR count). The maximum atomic E-state index is 6.10. The van der Waals surface area contributed by atoms with Gasteiger partial charge in [0.1, 0.15) is 0 Å². The first kappa shape index (κ1) is 15.3. The van der Waals surface area contributed by atoms with Gasteiger partial charge >= 0.3 is 0 Å². The summed E-state index contributed by atoms with van der Waals surface area (Å²) in [5.74, 6) is 0. The van der Waals surface area contributed by atoms with Crippen LogP contribution in [0.3, 0.4) is 0 Å². The number of nitrogens with two attached hydrogens (primary N) is 1. The van der Waals surface area contributed by atoms with Gasteiger partial charge in [0.25, 0.3) is 0 Å². The van der Waals surface area contributed by atoms with Crippen molar-refractivity contribution in [1.29, 1.82) is 0 Å². The fraction of sp³-hybridized carbons (Fsp3) is 1.00. The van der Waals surface area contributed by atoms with E-state index >= 15 is 0 Å². The molecule has 19 heavy (non-hydrogen) atoms. The Morgan fingerprint density at radius 2 is 1.89 bits per heavy atom. The van der Waals surface area contributed by atoms with Gasteiger partial charge in [-0.05, 0) is 71.2 Å². The van der Waals surface area contributed by atoms with E-state index in [2.05, 4.69) is 23.9 Å². The molecule has 1 aliphatic heterocycles. The second-order valence-corrected chi connectivity index (χ2v) is 7.08. The first-order valence-electron chi connectivity index (χ1n) is 8.24. The van der Waals surface area contributed by atoms with E-state index in [1.165, 1.54) is 71.0 Å². The predicted molar refractivity (Wildman–Crippen MR) is 82.3 cm³/mol. The van der Waals surface area contributed by atoms with Crippen molar-refractivity contribution in [3.05, 3.63) is 0 Å². The predicted octanol–water partition coefficient (Wildman–Crippen LogP) is 2.31. The molecule has 2 N–H and O–H groups in total. The zero-order valence-corrected chi connectivity index (χ0v) is 13.0. The molecule has 1 aliphatic carbocycles. The van der Waals surface area contributed by atoms with E-state index in [0.29, 0.717) is 5.41 Å². The lowest BCUT2D eigenvalue weighted by molar-refractivity contribution is 0.101. The van der Waals surface area contributed by atoms with Crippen LogP contribution in [0, 0.1) is 5.41 Å². The normalized spacial score (nSPS) is 28.7. The molecule has 2 fully saturated rings. The molecular weight excluding hydrogens is 234 g/mol. The summed E-state index contributed by atoms with van der Waals surface area (Å²) in [5, 5.41) is 0. The first-order chi connectivity index (χ1) is 9.15. The van der Waals surface area contributed by atoms with E-state index in [1.54, 1.807) is 0 Å². The lowest BCUT2D eigenvalue weighted by atomic mass is 9.72. The summed E-state index contributed by atoms with van der Waals surface area (Å²) in [4.78, 5) is 5.08. The standard InChI is InChI=1S/C16H33N3/c1-18(2)15-7-6-11-19(13-15)12-10-16(14-17)8-4-3-5-9-16/h15H,3-14,17H2,1-2H3. The Labute approximate surface area is 119 Å². The van der Waals surface area contributed by atoms with E-state index in [-0.39, 0.29) is 0 Å². The van der Waals surface area contributed by atoms with Gasteiger partial charge in [-0.25, -0.2) is 0 Å². The van der Waals surface area contributed by atoms with Crippen LogP contribution < -0.4 is 5.73 Å². The molecule has 2 aliphatic rings. The molecule has 3 heteroatoms. The average Bonchev–Trinajstić information content (AvgIpc) is 2.46. The molecule has 1 saturated carbocycles. The van der Waals surface area contributed by atoms with Gasteiger partial charge in [-0.15, -0.1) is 0 Å². The summed E-state index contributed by atoms with van der Waals surface area (Å²) < 4.78 is 0. The van der Waals surface area contributed by atoms with Crippen LogP contribution in [0.4, 0.5) is 0 Å². The Balaban J connectivity index is 1.80. The number of hydrogen-bond donors (Lipinski definition) is 1. The van der Waals surface area contributed by atoms with Crippen LogP contribution in [-0.2, 0) is 0 Å². The van der Waals surface area contributed by atoms with Crippen molar-refractivity contribution < 1.29 is 0 Å². The molecule has 0 aromatic rings. The van der Waals surface area contributed by atoms with Gasteiger partial charge in [0.15, 0.2) is 0 Å². The third-order valence-corrected chi connectivity index (χ3v) is 5.52. The largest absolute Gasteiger partial charge is 0.330 e. The number of likely N-dealkylation sites (N-methyl/N-ethyl adjacent to an activating group) is 1. The molecule has 112 valence electrons. The molecule has 0 aromatic heterocycles. The smallest absolute Gasteiger partial charge is 0.0217 e. The van der Waals surface area contributed by atoms with Crippen molar-refractivity contribution in [3.8, 4) is 0 Å². The average molecular weight is 267 g/mol. The van der Waals surface area contributed by atoms with Crippen LogP contribution in [0.15, 0.2) is 0 Å². The molecule has 0 aromatic carbocycles. The molecule has 3 nitrogen and oxygen atoms in total. The highest BCUT2D eigenvalue weighted by atomic mass is 15.2. The minimum Gasteiger partial charge on any atom is -0.330 e. The zero-order chi connectivity index (χ0) is 13.7. The van der Waals surface area contributed by atoms with E-state index in [9.17, 15) is 0 Å². The van der Waals surface area contributed by atoms with Crippen molar-refractivity contribution in [3.63, 3.8) is 0 Å². The Bertz CT molecular complexity index is 259. The highest BCUT2D eigenvalue weighted by Gasteiger charge is 2.31.